The monoisotopic (exact) mass is 367 g/mol. The van der Waals surface area contributed by atoms with Gasteiger partial charge in [-0.3, -0.25) is 4.79 Å². The first-order valence-electron chi connectivity index (χ1n) is 8.07. The summed E-state index contributed by atoms with van der Waals surface area (Å²) in [6.07, 6.45) is 5.32. The average molecular weight is 368 g/mol. The molecule has 0 aromatic carbocycles. The summed E-state index contributed by atoms with van der Waals surface area (Å²) < 4.78 is 1.37. The molecule has 3 aromatic rings. The van der Waals surface area contributed by atoms with Crippen molar-refractivity contribution < 1.29 is 4.79 Å². The van der Waals surface area contributed by atoms with Crippen molar-refractivity contribution in [2.45, 2.75) is 12.8 Å². The van der Waals surface area contributed by atoms with Crippen molar-refractivity contribution in [2.75, 3.05) is 11.9 Å². The van der Waals surface area contributed by atoms with Gasteiger partial charge in [0.05, 0.1) is 11.8 Å². The van der Waals surface area contributed by atoms with E-state index in [1.807, 2.05) is 0 Å². The molecular weight excluding hydrogens is 354 g/mol. The minimum absolute atomic E-state index is 0.125. The van der Waals surface area contributed by atoms with Gasteiger partial charge >= 0.3 is 0 Å². The van der Waals surface area contributed by atoms with Crippen LogP contribution in [0.2, 0.25) is 5.15 Å². The minimum Gasteiger partial charge on any atom is -0.360 e. The molecule has 1 fully saturated rings. The van der Waals surface area contributed by atoms with Crippen LogP contribution < -0.4 is 10.6 Å². The van der Waals surface area contributed by atoms with Crippen LogP contribution in [0.4, 0.5) is 17.3 Å². The zero-order chi connectivity index (χ0) is 18.1. The van der Waals surface area contributed by atoms with Gasteiger partial charge in [0, 0.05) is 18.8 Å². The molecule has 130 valence electrons. The van der Waals surface area contributed by atoms with E-state index in [-0.39, 0.29) is 16.9 Å². The molecule has 0 unspecified atom stereocenters. The Morgan fingerprint density at radius 2 is 2.19 bits per heavy atom. The summed E-state index contributed by atoms with van der Waals surface area (Å²) in [7, 11) is 0. The molecule has 0 saturated heterocycles. The molecule has 26 heavy (non-hydrogen) atoms. The predicted molar refractivity (Wildman–Crippen MR) is 96.8 cm³/mol. The van der Waals surface area contributed by atoms with Crippen LogP contribution in [-0.2, 0) is 0 Å². The van der Waals surface area contributed by atoms with Gasteiger partial charge in [-0.2, -0.15) is 0 Å². The smallest absolute Gasteiger partial charge is 0.275 e. The number of anilines is 2. The highest BCUT2D eigenvalue weighted by Gasteiger charge is 2.22. The third-order valence-corrected chi connectivity index (χ3v) is 4.26. The van der Waals surface area contributed by atoms with E-state index in [2.05, 4.69) is 30.5 Å². The molecule has 3 heterocycles. The molecule has 0 spiro atoms. The lowest BCUT2D eigenvalue weighted by molar-refractivity contribution is 0.0951. The van der Waals surface area contributed by atoms with Gasteiger partial charge in [-0.25, -0.2) is 9.97 Å². The van der Waals surface area contributed by atoms with Crippen molar-refractivity contribution in [3.05, 3.63) is 52.7 Å². The average Bonchev–Trinajstić information content (AvgIpc) is 3.38. The van der Waals surface area contributed by atoms with Gasteiger partial charge in [0.1, 0.15) is 11.5 Å². The fraction of sp³-hybridized carbons (Fsp3) is 0.235. The Hall–Kier alpha value is -3.18. The first kappa shape index (κ1) is 16.3. The molecule has 0 bridgehead atoms. The van der Waals surface area contributed by atoms with Gasteiger partial charge in [-0.15, -0.1) is 4.52 Å². The number of carbonyl (C=O) groups excluding carboxylic acids is 1. The van der Waals surface area contributed by atoms with Crippen LogP contribution in [0.1, 0.15) is 23.2 Å². The number of pyridine rings is 1. The first-order valence-corrected chi connectivity index (χ1v) is 8.45. The van der Waals surface area contributed by atoms with Gasteiger partial charge in [0.15, 0.2) is 5.15 Å². The van der Waals surface area contributed by atoms with Crippen molar-refractivity contribution in [3.63, 3.8) is 0 Å². The van der Waals surface area contributed by atoms with Crippen molar-refractivity contribution in [2.24, 2.45) is 5.92 Å². The van der Waals surface area contributed by atoms with Crippen LogP contribution in [0.5, 0.6) is 0 Å². The van der Waals surface area contributed by atoms with E-state index in [0.29, 0.717) is 28.6 Å². The molecule has 3 aromatic heterocycles. The molecule has 4 rings (SSSR count). The summed E-state index contributed by atoms with van der Waals surface area (Å²) >= 11 is 6.03. The molecule has 9 heteroatoms. The summed E-state index contributed by atoms with van der Waals surface area (Å²) in [5.74, 6) is 1.29. The third-order valence-electron chi connectivity index (χ3n) is 4.07. The molecule has 0 atom stereocenters. The number of aromatic nitrogens is 4. The molecule has 1 aliphatic carbocycles. The predicted octanol–water partition coefficient (Wildman–Crippen LogP) is 3.21. The summed E-state index contributed by atoms with van der Waals surface area (Å²) in [5, 5.41) is 10.3. The van der Waals surface area contributed by atoms with Crippen LogP contribution in [-0.4, -0.2) is 32.0 Å². The SMILES string of the molecule is [C-]#[N+]c1cnc2c(Nc3ccc(C(=O)NCC4CC4)cn3)cc(Cl)nn12. The molecule has 2 N–H and O–H groups in total. The highest BCUT2D eigenvalue weighted by molar-refractivity contribution is 6.29. The Bertz CT molecular complexity index is 1020. The molecular formula is C17H14ClN7O. The molecule has 0 radical (unpaired) electrons. The number of hydrogen-bond acceptors (Lipinski definition) is 5. The summed E-state index contributed by atoms with van der Waals surface area (Å²) in [6, 6.07) is 5.01. The van der Waals surface area contributed by atoms with E-state index in [4.69, 9.17) is 18.2 Å². The Balaban J connectivity index is 1.54. The number of amides is 1. The maximum atomic E-state index is 12.1. The van der Waals surface area contributed by atoms with Crippen molar-refractivity contribution in [3.8, 4) is 0 Å². The second kappa shape index (κ2) is 6.61. The molecule has 1 amide bonds. The Morgan fingerprint density at radius 1 is 1.35 bits per heavy atom. The summed E-state index contributed by atoms with van der Waals surface area (Å²) in [6.45, 7) is 7.86. The van der Waals surface area contributed by atoms with Crippen molar-refractivity contribution in [1.82, 2.24) is 24.9 Å². The van der Waals surface area contributed by atoms with Gasteiger partial charge < -0.3 is 15.5 Å². The number of rotatable bonds is 5. The summed E-state index contributed by atoms with van der Waals surface area (Å²) in [4.78, 5) is 23.9. The highest BCUT2D eigenvalue weighted by atomic mass is 35.5. The standard InChI is InChI=1S/C17H14ClN7O/c1-19-15-9-21-16-12(6-13(18)24-25(15)16)23-14-5-4-11(8-20-14)17(26)22-7-10-2-3-10/h4-6,8-10H,2-3,7H2,(H,20,23)(H,22,26). The van der Waals surface area contributed by atoms with E-state index in [1.165, 1.54) is 29.8 Å². The highest BCUT2D eigenvalue weighted by Crippen LogP contribution is 2.28. The normalized spacial score (nSPS) is 13.4. The Kier molecular flexibility index (Phi) is 4.14. The molecule has 1 aliphatic rings. The molecule has 0 aliphatic heterocycles. The van der Waals surface area contributed by atoms with Crippen LogP contribution in [0.25, 0.3) is 10.5 Å². The number of halogens is 1. The second-order valence-electron chi connectivity index (χ2n) is 6.05. The zero-order valence-corrected chi connectivity index (χ0v) is 14.4. The van der Waals surface area contributed by atoms with Gasteiger partial charge in [0.25, 0.3) is 17.4 Å². The first-order chi connectivity index (χ1) is 12.6. The van der Waals surface area contributed by atoms with Crippen LogP contribution >= 0.6 is 11.6 Å². The lowest BCUT2D eigenvalue weighted by atomic mass is 10.2. The topological polar surface area (TPSA) is 88.6 Å². The van der Waals surface area contributed by atoms with E-state index in [0.717, 1.165) is 6.54 Å². The quantitative estimate of drug-likeness (QED) is 0.676. The van der Waals surface area contributed by atoms with E-state index in [9.17, 15) is 4.79 Å². The minimum atomic E-state index is -0.125. The van der Waals surface area contributed by atoms with Gasteiger partial charge in [-0.1, -0.05) is 23.3 Å². The number of nitrogens with zero attached hydrogens (tertiary/aromatic N) is 5. The van der Waals surface area contributed by atoms with Crippen molar-refractivity contribution in [1.29, 1.82) is 0 Å². The van der Waals surface area contributed by atoms with Gasteiger partial charge in [-0.05, 0) is 30.9 Å². The molecule has 1 saturated carbocycles. The fourth-order valence-corrected chi connectivity index (χ4v) is 2.68. The van der Waals surface area contributed by atoms with Gasteiger partial charge in [0.2, 0.25) is 0 Å². The number of carbonyl (C=O) groups is 1. The lowest BCUT2D eigenvalue weighted by Gasteiger charge is -2.07. The molecule has 8 nitrogen and oxygen atoms in total. The van der Waals surface area contributed by atoms with Crippen LogP contribution in [0, 0.1) is 12.5 Å². The number of hydrogen-bond donors (Lipinski definition) is 2. The van der Waals surface area contributed by atoms with E-state index >= 15 is 0 Å². The maximum Gasteiger partial charge on any atom is 0.275 e. The number of nitrogens with one attached hydrogen (secondary N) is 2. The largest absolute Gasteiger partial charge is 0.360 e. The second-order valence-corrected chi connectivity index (χ2v) is 6.44. The zero-order valence-electron chi connectivity index (χ0n) is 13.6. The van der Waals surface area contributed by atoms with Crippen LogP contribution in [0.3, 0.4) is 0 Å². The Labute approximate surface area is 154 Å². The van der Waals surface area contributed by atoms with E-state index < -0.39 is 0 Å². The Morgan fingerprint density at radius 3 is 2.88 bits per heavy atom. The third kappa shape index (κ3) is 3.30. The maximum absolute atomic E-state index is 12.1. The lowest BCUT2D eigenvalue weighted by Crippen LogP contribution is -2.25. The summed E-state index contributed by atoms with van der Waals surface area (Å²) in [5.41, 5.74) is 1.54. The van der Waals surface area contributed by atoms with Crippen LogP contribution in [0.15, 0.2) is 30.6 Å². The fourth-order valence-electron chi connectivity index (χ4n) is 2.50. The number of imidazole rings is 1. The van der Waals surface area contributed by atoms with E-state index in [1.54, 1.807) is 18.2 Å². The number of fused-ring (bicyclic) bond motifs is 1. The van der Waals surface area contributed by atoms with Crippen molar-refractivity contribution >= 4 is 40.5 Å².